The second-order valence-electron chi connectivity index (χ2n) is 5.88. The van der Waals surface area contributed by atoms with Crippen molar-refractivity contribution in [2.75, 3.05) is 11.9 Å². The molecule has 2 aromatic carbocycles. The second kappa shape index (κ2) is 6.37. The van der Waals surface area contributed by atoms with E-state index in [2.05, 4.69) is 5.32 Å². The van der Waals surface area contributed by atoms with Gasteiger partial charge in [-0.3, -0.25) is 4.79 Å². The summed E-state index contributed by atoms with van der Waals surface area (Å²) in [7, 11) is -3.62. The summed E-state index contributed by atoms with van der Waals surface area (Å²) in [5.41, 5.74) is 2.36. The van der Waals surface area contributed by atoms with Crippen LogP contribution >= 0.6 is 0 Å². The Kier molecular flexibility index (Phi) is 4.43. The van der Waals surface area contributed by atoms with Gasteiger partial charge in [-0.2, -0.15) is 4.31 Å². The van der Waals surface area contributed by atoms with Gasteiger partial charge in [0.15, 0.2) is 0 Å². The number of hydrogen-bond donors (Lipinski definition) is 1. The van der Waals surface area contributed by atoms with Gasteiger partial charge in [-0.15, -0.1) is 0 Å². The molecular weight excluding hydrogens is 324 g/mol. The minimum absolute atomic E-state index is 0.101. The molecule has 0 fully saturated rings. The van der Waals surface area contributed by atoms with Crippen molar-refractivity contribution in [3.63, 3.8) is 0 Å². The highest BCUT2D eigenvalue weighted by Gasteiger charge is 2.30. The maximum atomic E-state index is 13.0. The molecule has 3 rings (SSSR count). The van der Waals surface area contributed by atoms with Crippen molar-refractivity contribution < 1.29 is 13.2 Å². The number of benzene rings is 2. The summed E-state index contributed by atoms with van der Waals surface area (Å²) in [6.45, 7) is 4.30. The molecule has 1 heterocycles. The van der Waals surface area contributed by atoms with Gasteiger partial charge in [0.2, 0.25) is 15.9 Å². The van der Waals surface area contributed by atoms with Gasteiger partial charge in [0.1, 0.15) is 0 Å². The third-order valence-electron chi connectivity index (χ3n) is 4.33. The highest BCUT2D eigenvalue weighted by atomic mass is 32.2. The van der Waals surface area contributed by atoms with Crippen molar-refractivity contribution in [1.29, 1.82) is 0 Å². The van der Waals surface area contributed by atoms with E-state index in [0.717, 1.165) is 11.1 Å². The molecule has 0 saturated heterocycles. The first-order chi connectivity index (χ1) is 11.4. The molecule has 0 unspecified atom stereocenters. The van der Waals surface area contributed by atoms with Crippen LogP contribution < -0.4 is 5.32 Å². The first-order valence-corrected chi connectivity index (χ1v) is 9.36. The van der Waals surface area contributed by atoms with Crippen molar-refractivity contribution in [1.82, 2.24) is 4.31 Å². The van der Waals surface area contributed by atoms with Crippen molar-refractivity contribution in [3.05, 3.63) is 59.7 Å². The Hall–Kier alpha value is -2.18. The van der Waals surface area contributed by atoms with Crippen LogP contribution in [0.2, 0.25) is 0 Å². The number of nitrogens with zero attached hydrogens (tertiary/aromatic N) is 1. The Bertz CT molecular complexity index is 863. The van der Waals surface area contributed by atoms with Crippen LogP contribution in [0.25, 0.3) is 0 Å². The van der Waals surface area contributed by atoms with Gasteiger partial charge in [-0.1, -0.05) is 37.3 Å². The Morgan fingerprint density at radius 1 is 1.12 bits per heavy atom. The molecule has 5 nitrogen and oxygen atoms in total. The van der Waals surface area contributed by atoms with Gasteiger partial charge in [-0.25, -0.2) is 8.42 Å². The molecule has 0 spiro atoms. The number of fused-ring (bicyclic) bond motifs is 1. The number of nitrogens with one attached hydrogen (secondary N) is 1. The second-order valence-corrected chi connectivity index (χ2v) is 7.81. The van der Waals surface area contributed by atoms with E-state index in [1.807, 2.05) is 37.3 Å². The van der Waals surface area contributed by atoms with Crippen molar-refractivity contribution in [2.24, 2.45) is 0 Å². The molecule has 126 valence electrons. The van der Waals surface area contributed by atoms with Crippen LogP contribution in [-0.4, -0.2) is 25.2 Å². The van der Waals surface area contributed by atoms with Crippen molar-refractivity contribution in [2.45, 2.75) is 31.2 Å². The van der Waals surface area contributed by atoms with E-state index >= 15 is 0 Å². The molecule has 0 bridgehead atoms. The largest absolute Gasteiger partial charge is 0.325 e. The average Bonchev–Trinajstić information content (AvgIpc) is 2.87. The number of rotatable bonds is 5. The van der Waals surface area contributed by atoms with E-state index in [-0.39, 0.29) is 16.7 Å². The fourth-order valence-electron chi connectivity index (χ4n) is 2.86. The lowest BCUT2D eigenvalue weighted by atomic mass is 10.0. The van der Waals surface area contributed by atoms with Gasteiger partial charge >= 0.3 is 0 Å². The van der Waals surface area contributed by atoms with E-state index < -0.39 is 10.0 Å². The monoisotopic (exact) mass is 344 g/mol. The third-order valence-corrected chi connectivity index (χ3v) is 6.25. The lowest BCUT2D eigenvalue weighted by Crippen LogP contribution is -2.30. The summed E-state index contributed by atoms with van der Waals surface area (Å²) in [6.07, 6.45) is 0. The van der Waals surface area contributed by atoms with Crippen LogP contribution in [-0.2, 0) is 21.4 Å². The van der Waals surface area contributed by atoms with Crippen molar-refractivity contribution in [3.8, 4) is 0 Å². The van der Waals surface area contributed by atoms with Crippen LogP contribution in [0.15, 0.2) is 53.4 Å². The average molecular weight is 344 g/mol. The van der Waals surface area contributed by atoms with Gasteiger partial charge in [0, 0.05) is 18.8 Å². The molecule has 0 aliphatic carbocycles. The lowest BCUT2D eigenvalue weighted by Gasteiger charge is -2.21. The van der Waals surface area contributed by atoms with Crippen LogP contribution in [0.4, 0.5) is 5.69 Å². The predicted molar refractivity (Wildman–Crippen MR) is 93.2 cm³/mol. The summed E-state index contributed by atoms with van der Waals surface area (Å²) in [6, 6.07) is 14.3. The molecule has 1 atom stereocenters. The summed E-state index contributed by atoms with van der Waals surface area (Å²) >= 11 is 0. The summed E-state index contributed by atoms with van der Waals surface area (Å²) in [4.78, 5) is 12.0. The van der Waals surface area contributed by atoms with Crippen LogP contribution in [0.5, 0.6) is 0 Å². The quantitative estimate of drug-likeness (QED) is 0.907. The number of carbonyl (C=O) groups excluding carboxylic acids is 1. The zero-order valence-electron chi connectivity index (χ0n) is 13.7. The van der Waals surface area contributed by atoms with Gasteiger partial charge < -0.3 is 5.32 Å². The molecule has 2 aromatic rings. The van der Waals surface area contributed by atoms with E-state index in [1.54, 1.807) is 25.1 Å². The molecule has 0 radical (unpaired) electrons. The topological polar surface area (TPSA) is 66.5 Å². The number of sulfonamides is 1. The number of amides is 1. The summed E-state index contributed by atoms with van der Waals surface area (Å²) < 4.78 is 27.4. The zero-order chi connectivity index (χ0) is 17.3. The highest BCUT2D eigenvalue weighted by molar-refractivity contribution is 7.89. The summed E-state index contributed by atoms with van der Waals surface area (Å²) in [5.74, 6) is -0.435. The number of carbonyl (C=O) groups is 1. The third kappa shape index (κ3) is 2.95. The van der Waals surface area contributed by atoms with E-state index in [1.165, 1.54) is 4.31 Å². The Balaban J connectivity index is 1.94. The smallest absolute Gasteiger partial charge is 0.243 e. The summed E-state index contributed by atoms with van der Waals surface area (Å²) in [5, 5.41) is 2.76. The maximum Gasteiger partial charge on any atom is 0.243 e. The highest BCUT2D eigenvalue weighted by Crippen LogP contribution is 2.34. The van der Waals surface area contributed by atoms with Gasteiger partial charge in [-0.05, 0) is 36.2 Å². The van der Waals surface area contributed by atoms with Crippen LogP contribution in [0.3, 0.4) is 0 Å². The number of anilines is 1. The first-order valence-electron chi connectivity index (χ1n) is 7.92. The molecule has 1 aliphatic heterocycles. The molecule has 1 amide bonds. The predicted octanol–water partition coefficient (Wildman–Crippen LogP) is 2.95. The Labute approximate surface area is 142 Å². The first kappa shape index (κ1) is 16.7. The molecular formula is C18H20N2O3S. The number of hydrogen-bond acceptors (Lipinski definition) is 3. The zero-order valence-corrected chi connectivity index (χ0v) is 14.5. The lowest BCUT2D eigenvalue weighted by molar-refractivity contribution is -0.116. The fourth-order valence-corrected chi connectivity index (χ4v) is 4.33. The normalized spacial score (nSPS) is 17.0. The standard InChI is InChI=1S/C18H20N2O3S/c1-3-20(12-14-7-5-4-6-8-14)24(22,23)15-9-10-17-16(11-15)13(2)18(21)19-17/h4-11,13H,3,12H2,1-2H3,(H,19,21)/t13-/m0/s1. The SMILES string of the molecule is CCN(Cc1ccccc1)S(=O)(=O)c1ccc2c(c1)[C@H](C)C(=O)N2. The minimum atomic E-state index is -3.62. The molecule has 24 heavy (non-hydrogen) atoms. The molecule has 0 saturated carbocycles. The fraction of sp³-hybridized carbons (Fsp3) is 0.278. The van der Waals surface area contributed by atoms with Crippen molar-refractivity contribution >= 4 is 21.6 Å². The van der Waals surface area contributed by atoms with E-state index in [9.17, 15) is 13.2 Å². The Morgan fingerprint density at radius 2 is 1.83 bits per heavy atom. The van der Waals surface area contributed by atoms with E-state index in [0.29, 0.717) is 18.8 Å². The van der Waals surface area contributed by atoms with Gasteiger partial charge in [0.25, 0.3) is 0 Å². The molecule has 1 N–H and O–H groups in total. The van der Waals surface area contributed by atoms with Crippen LogP contribution in [0.1, 0.15) is 30.9 Å². The van der Waals surface area contributed by atoms with E-state index in [4.69, 9.17) is 0 Å². The van der Waals surface area contributed by atoms with Gasteiger partial charge in [0.05, 0.1) is 10.8 Å². The Morgan fingerprint density at radius 3 is 2.50 bits per heavy atom. The maximum absolute atomic E-state index is 13.0. The molecule has 1 aliphatic rings. The minimum Gasteiger partial charge on any atom is -0.325 e. The molecule has 6 heteroatoms. The van der Waals surface area contributed by atoms with Crippen LogP contribution in [0, 0.1) is 0 Å². The molecule has 0 aromatic heterocycles.